The summed E-state index contributed by atoms with van der Waals surface area (Å²) in [6.45, 7) is 5.11. The Morgan fingerprint density at radius 1 is 1.35 bits per heavy atom. The highest BCUT2D eigenvalue weighted by atomic mass is 15.4. The van der Waals surface area contributed by atoms with Crippen molar-refractivity contribution in [2.24, 2.45) is 11.7 Å². The lowest BCUT2D eigenvalue weighted by molar-refractivity contribution is 0.402. The van der Waals surface area contributed by atoms with Crippen LogP contribution in [0.2, 0.25) is 0 Å². The average Bonchev–Trinajstić information content (AvgIpc) is 3.07. The van der Waals surface area contributed by atoms with Crippen molar-refractivity contribution in [3.05, 3.63) is 11.4 Å². The van der Waals surface area contributed by atoms with Crippen molar-refractivity contribution in [1.29, 1.82) is 0 Å². The number of aromatic nitrogens is 3. The second-order valence-corrected chi connectivity index (χ2v) is 5.08. The maximum Gasteiger partial charge on any atom is 0.0871 e. The number of nitrogens with two attached hydrogens (primary N) is 1. The molecule has 4 nitrogen and oxygen atoms in total. The van der Waals surface area contributed by atoms with E-state index < -0.39 is 0 Å². The highest BCUT2D eigenvalue weighted by Crippen LogP contribution is 2.34. The molecule has 1 heterocycles. The van der Waals surface area contributed by atoms with Crippen LogP contribution in [0.4, 0.5) is 0 Å². The van der Waals surface area contributed by atoms with Crippen LogP contribution in [0, 0.1) is 5.92 Å². The number of hydrogen-bond acceptors (Lipinski definition) is 3. The number of hydrogen-bond donors (Lipinski definition) is 1. The van der Waals surface area contributed by atoms with Gasteiger partial charge in [0.2, 0.25) is 0 Å². The molecule has 2 rings (SSSR count). The normalized spacial score (nSPS) is 15.8. The van der Waals surface area contributed by atoms with Gasteiger partial charge < -0.3 is 5.73 Å². The molecule has 2 N–H and O–H groups in total. The summed E-state index contributed by atoms with van der Waals surface area (Å²) in [4.78, 5) is 0. The average molecular weight is 236 g/mol. The molecule has 0 aliphatic heterocycles. The second-order valence-electron chi connectivity index (χ2n) is 5.08. The molecule has 1 fully saturated rings. The summed E-state index contributed by atoms with van der Waals surface area (Å²) < 4.78 is 2.17. The van der Waals surface area contributed by atoms with Gasteiger partial charge in [0.15, 0.2) is 0 Å². The molecule has 0 saturated heterocycles. The summed E-state index contributed by atoms with van der Waals surface area (Å²) in [6, 6.07) is 0.503. The highest BCUT2D eigenvalue weighted by molar-refractivity contribution is 5.14. The van der Waals surface area contributed by atoms with Crippen LogP contribution in [0.25, 0.3) is 0 Å². The predicted octanol–water partition coefficient (Wildman–Crippen LogP) is 2.09. The lowest BCUT2D eigenvalue weighted by Gasteiger charge is -2.16. The van der Waals surface area contributed by atoms with Crippen molar-refractivity contribution in [2.45, 2.75) is 58.4 Å². The first-order chi connectivity index (χ1) is 8.30. The van der Waals surface area contributed by atoms with Crippen molar-refractivity contribution >= 4 is 0 Å². The van der Waals surface area contributed by atoms with Gasteiger partial charge in [0, 0.05) is 6.42 Å². The lowest BCUT2D eigenvalue weighted by atomic mass is 10.1. The molecule has 96 valence electrons. The van der Waals surface area contributed by atoms with Gasteiger partial charge in [0.25, 0.3) is 0 Å². The Bertz CT molecular complexity index is 350. The van der Waals surface area contributed by atoms with Gasteiger partial charge in [-0.2, -0.15) is 0 Å². The van der Waals surface area contributed by atoms with Crippen molar-refractivity contribution in [3.8, 4) is 0 Å². The van der Waals surface area contributed by atoms with Crippen molar-refractivity contribution in [3.63, 3.8) is 0 Å². The van der Waals surface area contributed by atoms with Crippen LogP contribution >= 0.6 is 0 Å². The Morgan fingerprint density at radius 3 is 2.59 bits per heavy atom. The Labute approximate surface area is 104 Å². The molecule has 0 amide bonds. The Balaban J connectivity index is 2.22. The zero-order chi connectivity index (χ0) is 12.3. The molecule has 17 heavy (non-hydrogen) atoms. The van der Waals surface area contributed by atoms with Crippen LogP contribution in [0.5, 0.6) is 0 Å². The molecule has 1 saturated carbocycles. The third-order valence-corrected chi connectivity index (χ3v) is 3.72. The minimum atomic E-state index is 0.503. The van der Waals surface area contributed by atoms with E-state index in [-0.39, 0.29) is 0 Å². The van der Waals surface area contributed by atoms with Gasteiger partial charge in [-0.05, 0) is 44.6 Å². The minimum absolute atomic E-state index is 0.503. The quantitative estimate of drug-likeness (QED) is 0.788. The molecule has 0 aromatic carbocycles. The fourth-order valence-electron chi connectivity index (χ4n) is 2.41. The van der Waals surface area contributed by atoms with E-state index in [4.69, 9.17) is 5.73 Å². The van der Waals surface area contributed by atoms with Crippen molar-refractivity contribution in [1.82, 2.24) is 15.0 Å². The van der Waals surface area contributed by atoms with Crippen molar-refractivity contribution in [2.75, 3.05) is 6.54 Å². The molecule has 1 aliphatic carbocycles. The molecule has 0 unspecified atom stereocenters. The minimum Gasteiger partial charge on any atom is -0.330 e. The molecule has 0 bridgehead atoms. The van der Waals surface area contributed by atoms with Crippen LogP contribution in [-0.4, -0.2) is 21.5 Å². The van der Waals surface area contributed by atoms with Crippen LogP contribution in [0.15, 0.2) is 0 Å². The smallest absolute Gasteiger partial charge is 0.0871 e. The fourth-order valence-corrected chi connectivity index (χ4v) is 2.41. The molecule has 0 atom stereocenters. The van der Waals surface area contributed by atoms with Gasteiger partial charge in [0.1, 0.15) is 0 Å². The molecule has 1 aliphatic rings. The highest BCUT2D eigenvalue weighted by Gasteiger charge is 2.27. The Morgan fingerprint density at radius 2 is 2.06 bits per heavy atom. The second kappa shape index (κ2) is 5.63. The summed E-state index contributed by atoms with van der Waals surface area (Å²) >= 11 is 0. The monoisotopic (exact) mass is 236 g/mol. The van der Waals surface area contributed by atoms with Gasteiger partial charge in [-0.25, -0.2) is 4.68 Å². The zero-order valence-corrected chi connectivity index (χ0v) is 11.0. The summed E-state index contributed by atoms with van der Waals surface area (Å²) in [7, 11) is 0. The number of nitrogens with zero attached hydrogens (tertiary/aromatic N) is 3. The van der Waals surface area contributed by atoms with E-state index in [1.807, 2.05) is 0 Å². The molecular formula is C13H24N4. The SMILES string of the molecule is CCC(CC)n1nnc(CCN)c1CC1CC1. The molecule has 4 heteroatoms. The molecule has 1 aromatic rings. The van der Waals surface area contributed by atoms with Gasteiger partial charge >= 0.3 is 0 Å². The first-order valence-corrected chi connectivity index (χ1v) is 6.93. The molecular weight excluding hydrogens is 212 g/mol. The summed E-state index contributed by atoms with van der Waals surface area (Å²) in [6.07, 6.45) is 7.01. The van der Waals surface area contributed by atoms with Crippen molar-refractivity contribution < 1.29 is 0 Å². The van der Waals surface area contributed by atoms with Crippen LogP contribution in [0.3, 0.4) is 0 Å². The van der Waals surface area contributed by atoms with Gasteiger partial charge in [-0.15, -0.1) is 5.10 Å². The predicted molar refractivity (Wildman–Crippen MR) is 68.8 cm³/mol. The first-order valence-electron chi connectivity index (χ1n) is 6.93. The van der Waals surface area contributed by atoms with Gasteiger partial charge in [-0.3, -0.25) is 0 Å². The number of rotatable bonds is 7. The van der Waals surface area contributed by atoms with E-state index in [1.165, 1.54) is 18.5 Å². The molecule has 0 radical (unpaired) electrons. The van der Waals surface area contributed by atoms with E-state index in [9.17, 15) is 0 Å². The van der Waals surface area contributed by atoms with E-state index in [0.717, 1.165) is 37.3 Å². The maximum atomic E-state index is 5.65. The van der Waals surface area contributed by atoms with E-state index in [0.29, 0.717) is 12.6 Å². The summed E-state index contributed by atoms with van der Waals surface area (Å²) in [5.74, 6) is 0.873. The van der Waals surface area contributed by atoms with E-state index in [1.54, 1.807) is 0 Å². The third-order valence-electron chi connectivity index (χ3n) is 3.72. The Kier molecular flexibility index (Phi) is 4.15. The Hall–Kier alpha value is -0.900. The lowest BCUT2D eigenvalue weighted by Crippen LogP contribution is -2.14. The van der Waals surface area contributed by atoms with Crippen LogP contribution < -0.4 is 5.73 Å². The third kappa shape index (κ3) is 2.86. The maximum absolute atomic E-state index is 5.65. The van der Waals surface area contributed by atoms with Gasteiger partial charge in [-0.1, -0.05) is 19.1 Å². The molecule has 0 spiro atoms. The fraction of sp³-hybridized carbons (Fsp3) is 0.846. The van der Waals surface area contributed by atoms with Crippen LogP contribution in [-0.2, 0) is 12.8 Å². The van der Waals surface area contributed by atoms with E-state index >= 15 is 0 Å². The van der Waals surface area contributed by atoms with E-state index in [2.05, 4.69) is 28.8 Å². The standard InChI is InChI=1S/C13H24N4/c1-3-11(4-2)17-13(9-10-5-6-10)12(7-8-14)15-16-17/h10-11H,3-9,14H2,1-2H3. The zero-order valence-electron chi connectivity index (χ0n) is 11.0. The summed E-state index contributed by atoms with van der Waals surface area (Å²) in [5.41, 5.74) is 8.13. The van der Waals surface area contributed by atoms with Gasteiger partial charge in [0.05, 0.1) is 17.4 Å². The molecule has 1 aromatic heterocycles. The topological polar surface area (TPSA) is 56.7 Å². The largest absolute Gasteiger partial charge is 0.330 e. The van der Waals surface area contributed by atoms with Crippen LogP contribution in [0.1, 0.15) is 57.0 Å². The first kappa shape index (κ1) is 12.6. The summed E-state index contributed by atoms with van der Waals surface area (Å²) in [5, 5.41) is 8.71.